The van der Waals surface area contributed by atoms with Gasteiger partial charge in [0.05, 0.1) is 31.4 Å². The van der Waals surface area contributed by atoms with E-state index in [1.165, 1.54) is 26.2 Å². The molecule has 0 spiro atoms. The summed E-state index contributed by atoms with van der Waals surface area (Å²) in [6.07, 6.45) is -2.19. The van der Waals surface area contributed by atoms with Crippen LogP contribution in [-0.2, 0) is 9.53 Å². The van der Waals surface area contributed by atoms with Gasteiger partial charge in [-0.3, -0.25) is 0 Å². The highest BCUT2D eigenvalue weighted by Gasteiger charge is 2.32. The van der Waals surface area contributed by atoms with Crippen LogP contribution in [-0.4, -0.2) is 31.0 Å². The molecule has 0 fully saturated rings. The highest BCUT2D eigenvalue weighted by Crippen LogP contribution is 2.37. The Labute approximate surface area is 127 Å². The molecule has 0 aliphatic heterocycles. The third kappa shape index (κ3) is 3.97. The molecule has 0 bridgehead atoms. The number of ether oxygens (including phenoxy) is 2. The van der Waals surface area contributed by atoms with Crippen LogP contribution < -0.4 is 10.5 Å². The number of methoxy groups -OCH3 is 1. The zero-order valence-corrected chi connectivity index (χ0v) is 12.3. The molecular weight excluding hydrogens is 303 g/mol. The van der Waals surface area contributed by atoms with E-state index in [-0.39, 0.29) is 35.9 Å². The number of nitrogens with two attached hydrogens (primary N) is 1. The van der Waals surface area contributed by atoms with Crippen LogP contribution >= 0.6 is 12.4 Å². The van der Waals surface area contributed by atoms with E-state index in [0.29, 0.717) is 0 Å². The molecule has 0 aliphatic carbocycles. The molecule has 1 rings (SSSR count). The second kappa shape index (κ2) is 8.29. The number of rotatable bonds is 5. The summed E-state index contributed by atoms with van der Waals surface area (Å²) < 4.78 is 23.3. The van der Waals surface area contributed by atoms with Crippen molar-refractivity contribution in [3.05, 3.63) is 23.3 Å². The maximum absolute atomic E-state index is 13.9. The Morgan fingerprint density at radius 2 is 2.19 bits per heavy atom. The van der Waals surface area contributed by atoms with Crippen molar-refractivity contribution in [1.82, 2.24) is 0 Å². The van der Waals surface area contributed by atoms with Gasteiger partial charge in [0.15, 0.2) is 11.5 Å². The number of carbonyl (C=O) groups excluding carboxylic acids is 1. The summed E-state index contributed by atoms with van der Waals surface area (Å²) in [6, 6.07) is 2.93. The van der Waals surface area contributed by atoms with Gasteiger partial charge in [0.25, 0.3) is 0 Å². The van der Waals surface area contributed by atoms with Gasteiger partial charge >= 0.3 is 5.97 Å². The molecule has 0 heterocycles. The smallest absolute Gasteiger partial charge is 0.342 e. The molecule has 0 amide bonds. The second-order valence-electron chi connectivity index (χ2n) is 3.87. The lowest BCUT2D eigenvalue weighted by atomic mass is 9.96. The topological polar surface area (TPSA) is 106 Å². The molecule has 0 radical (unpaired) electrons. The van der Waals surface area contributed by atoms with E-state index in [9.17, 15) is 14.3 Å². The van der Waals surface area contributed by atoms with E-state index < -0.39 is 23.9 Å². The van der Waals surface area contributed by atoms with Gasteiger partial charge in [-0.25, -0.2) is 9.18 Å². The van der Waals surface area contributed by atoms with Gasteiger partial charge in [0, 0.05) is 5.56 Å². The first-order valence-electron chi connectivity index (χ1n) is 5.84. The Bertz CT molecular complexity index is 548. The van der Waals surface area contributed by atoms with Crippen LogP contribution in [0.4, 0.5) is 4.39 Å². The van der Waals surface area contributed by atoms with E-state index >= 15 is 0 Å². The molecule has 116 valence electrons. The average Bonchev–Trinajstić information content (AvgIpc) is 2.45. The van der Waals surface area contributed by atoms with Crippen LogP contribution in [0.1, 0.15) is 24.1 Å². The standard InChI is InChI=1S/C13H15FN2O4.ClH/c1-3-20-13(18)10(14)11(16)9-7(6-15)4-5-8(19-2)12(9)17;/h4-5,10-11,17H,3,16H2,1-2H3;1H/t10?,11-;/m1./s1. The first-order valence-corrected chi connectivity index (χ1v) is 5.84. The maximum Gasteiger partial charge on any atom is 0.342 e. The van der Waals surface area contributed by atoms with Crippen LogP contribution in [0.5, 0.6) is 11.5 Å². The fraction of sp³-hybridized carbons (Fsp3) is 0.385. The molecular formula is C13H16ClFN2O4. The maximum atomic E-state index is 13.9. The predicted octanol–water partition coefficient (Wildman–Crippen LogP) is 1.60. The van der Waals surface area contributed by atoms with Gasteiger partial charge in [-0.15, -0.1) is 12.4 Å². The highest BCUT2D eigenvalue weighted by molar-refractivity contribution is 5.85. The van der Waals surface area contributed by atoms with Crippen molar-refractivity contribution < 1.29 is 23.8 Å². The van der Waals surface area contributed by atoms with Crippen molar-refractivity contribution in [2.45, 2.75) is 19.1 Å². The molecule has 0 saturated carbocycles. The molecule has 0 aromatic heterocycles. The number of nitriles is 1. The summed E-state index contributed by atoms with van der Waals surface area (Å²) in [7, 11) is 1.30. The summed E-state index contributed by atoms with van der Waals surface area (Å²) in [5.41, 5.74) is 5.40. The summed E-state index contributed by atoms with van der Waals surface area (Å²) >= 11 is 0. The van der Waals surface area contributed by atoms with Crippen LogP contribution in [0.15, 0.2) is 12.1 Å². The Hall–Kier alpha value is -2.04. The van der Waals surface area contributed by atoms with E-state index in [2.05, 4.69) is 4.74 Å². The van der Waals surface area contributed by atoms with Gasteiger partial charge in [-0.05, 0) is 19.1 Å². The van der Waals surface area contributed by atoms with E-state index in [0.717, 1.165) is 0 Å². The molecule has 0 saturated heterocycles. The molecule has 0 aliphatic rings. The van der Waals surface area contributed by atoms with Gasteiger partial charge in [-0.2, -0.15) is 5.26 Å². The fourth-order valence-corrected chi connectivity index (χ4v) is 1.70. The number of hydrogen-bond acceptors (Lipinski definition) is 6. The normalized spacial score (nSPS) is 12.5. The van der Waals surface area contributed by atoms with Crippen molar-refractivity contribution in [3.63, 3.8) is 0 Å². The molecule has 6 nitrogen and oxygen atoms in total. The van der Waals surface area contributed by atoms with E-state index in [4.69, 9.17) is 15.7 Å². The third-order valence-corrected chi connectivity index (χ3v) is 2.68. The Morgan fingerprint density at radius 1 is 1.57 bits per heavy atom. The first-order chi connectivity index (χ1) is 9.47. The Morgan fingerprint density at radius 3 is 2.67 bits per heavy atom. The number of nitrogens with zero attached hydrogens (tertiary/aromatic N) is 1. The van der Waals surface area contributed by atoms with Gasteiger partial charge in [0.1, 0.15) is 0 Å². The van der Waals surface area contributed by atoms with Gasteiger partial charge in [0.2, 0.25) is 6.17 Å². The molecule has 1 aromatic carbocycles. The zero-order valence-electron chi connectivity index (χ0n) is 11.5. The highest BCUT2D eigenvalue weighted by atomic mass is 35.5. The number of phenolic OH excluding ortho intramolecular Hbond substituents is 1. The number of esters is 1. The SMILES string of the molecule is CCOC(=O)C(F)[C@H](N)c1c(C#N)ccc(OC)c1O.Cl. The van der Waals surface area contributed by atoms with Crippen molar-refractivity contribution in [2.24, 2.45) is 5.73 Å². The summed E-state index contributed by atoms with van der Waals surface area (Å²) in [6.45, 7) is 1.53. The van der Waals surface area contributed by atoms with Crippen LogP contribution in [0, 0.1) is 11.3 Å². The zero-order chi connectivity index (χ0) is 15.3. The minimum absolute atomic E-state index is 0. The summed E-state index contributed by atoms with van der Waals surface area (Å²) in [5, 5.41) is 18.9. The Balaban J connectivity index is 0.00000400. The lowest BCUT2D eigenvalue weighted by Crippen LogP contribution is -2.32. The van der Waals surface area contributed by atoms with Crippen LogP contribution in [0.2, 0.25) is 0 Å². The minimum Gasteiger partial charge on any atom is -0.504 e. The Kier molecular flexibility index (Phi) is 7.49. The number of phenols is 1. The number of hydrogen-bond donors (Lipinski definition) is 2. The fourth-order valence-electron chi connectivity index (χ4n) is 1.70. The monoisotopic (exact) mass is 318 g/mol. The van der Waals surface area contributed by atoms with Crippen molar-refractivity contribution in [2.75, 3.05) is 13.7 Å². The molecule has 3 N–H and O–H groups in total. The van der Waals surface area contributed by atoms with Crippen molar-refractivity contribution in [1.29, 1.82) is 5.26 Å². The third-order valence-electron chi connectivity index (χ3n) is 2.68. The van der Waals surface area contributed by atoms with Crippen LogP contribution in [0.3, 0.4) is 0 Å². The molecule has 21 heavy (non-hydrogen) atoms. The predicted molar refractivity (Wildman–Crippen MR) is 75.1 cm³/mol. The lowest BCUT2D eigenvalue weighted by molar-refractivity contribution is -0.149. The number of benzene rings is 1. The number of halogens is 2. The van der Waals surface area contributed by atoms with Gasteiger partial charge in [-0.1, -0.05) is 0 Å². The molecule has 1 aromatic rings. The molecule has 2 atom stereocenters. The van der Waals surface area contributed by atoms with E-state index in [1.54, 1.807) is 6.07 Å². The quantitative estimate of drug-likeness (QED) is 0.799. The number of aromatic hydroxyl groups is 1. The van der Waals surface area contributed by atoms with Gasteiger partial charge < -0.3 is 20.3 Å². The summed E-state index contributed by atoms with van der Waals surface area (Å²) in [4.78, 5) is 11.4. The van der Waals surface area contributed by atoms with Crippen molar-refractivity contribution >= 4 is 18.4 Å². The minimum atomic E-state index is -2.19. The van der Waals surface area contributed by atoms with E-state index in [1.807, 2.05) is 0 Å². The number of carbonyl (C=O) groups is 1. The average molecular weight is 319 g/mol. The number of alkyl halides is 1. The van der Waals surface area contributed by atoms with Crippen molar-refractivity contribution in [3.8, 4) is 17.6 Å². The largest absolute Gasteiger partial charge is 0.504 e. The second-order valence-corrected chi connectivity index (χ2v) is 3.87. The summed E-state index contributed by atoms with van der Waals surface area (Å²) in [5.74, 6) is -1.58. The first kappa shape index (κ1) is 19.0. The molecule has 8 heteroatoms. The van der Waals surface area contributed by atoms with Crippen LogP contribution in [0.25, 0.3) is 0 Å². The lowest BCUT2D eigenvalue weighted by Gasteiger charge is -2.19. The molecule has 1 unspecified atom stereocenters.